The number of aliphatic hydroxyl groups is 2. The Bertz CT molecular complexity index is 1810. The van der Waals surface area contributed by atoms with Crippen LogP contribution in [0.5, 0.6) is 0 Å². The second-order valence-corrected chi connectivity index (χ2v) is 18.4. The summed E-state index contributed by atoms with van der Waals surface area (Å²) in [7, 11) is 0. The van der Waals surface area contributed by atoms with Crippen molar-refractivity contribution in [2.75, 3.05) is 13.2 Å². The molecule has 0 spiro atoms. The quantitative estimate of drug-likeness (QED) is 0.0228. The second kappa shape index (κ2) is 49.7. The standard InChI is InChI=1S/C63H96O12/c1-4-7-10-13-16-19-22-25-27-28-30-32-34-37-40-43-46-49-55(64)71-52-54(73-56(65)50-47-44-41-38-36-33-29-26-23-20-17-14-11-8-5-2)53-72-63-61(59(68)58(67)60(75-63)62(69)70)74-57(66)51-48-45-42-39-35-31-24-21-18-15-12-9-6-3/h7-12,16-21,25-27,29-32,35-36,38,54,58-61,63,67-68H,4-6,13-15,22-24,28,33-34,37,39-53H2,1-3H3,(H,69,70)/b10-7-,11-8-,12-9-,19-16-,20-17-,21-18-,27-25-,29-26-,32-30-,35-31-,38-36-. The van der Waals surface area contributed by atoms with Crippen LogP contribution in [0, 0.1) is 0 Å². The number of aliphatic carboxylic acids is 1. The Morgan fingerprint density at radius 2 is 0.800 bits per heavy atom. The first kappa shape index (κ1) is 67.9. The van der Waals surface area contributed by atoms with E-state index in [1.807, 2.05) is 0 Å². The van der Waals surface area contributed by atoms with Gasteiger partial charge in [-0.15, -0.1) is 0 Å². The SMILES string of the molecule is CC/C=C\C/C=C\C/C=C\C/C=C\CCCCCCC(=O)OCC(COC1OC(C(=O)O)C(O)C(O)C1OC(=O)CCCCC/C=C\C/C=C\C/C=C\CC)OC(=O)CCCC/C=C\C/C=C\C/C=C\C/C=C\CC. The van der Waals surface area contributed by atoms with Gasteiger partial charge in [0.2, 0.25) is 0 Å². The van der Waals surface area contributed by atoms with Crippen molar-refractivity contribution in [1.29, 1.82) is 0 Å². The highest BCUT2D eigenvalue weighted by molar-refractivity contribution is 5.74. The highest BCUT2D eigenvalue weighted by Gasteiger charge is 2.50. The van der Waals surface area contributed by atoms with Crippen molar-refractivity contribution in [3.8, 4) is 0 Å². The highest BCUT2D eigenvalue weighted by atomic mass is 16.7. The first-order chi connectivity index (χ1) is 36.6. The van der Waals surface area contributed by atoms with Crippen LogP contribution in [-0.4, -0.2) is 89.2 Å². The minimum Gasteiger partial charge on any atom is -0.479 e. The van der Waals surface area contributed by atoms with Gasteiger partial charge in [0.15, 0.2) is 24.6 Å². The molecule has 1 aliphatic rings. The van der Waals surface area contributed by atoms with Gasteiger partial charge in [0, 0.05) is 19.3 Å². The average molecular weight is 1050 g/mol. The summed E-state index contributed by atoms with van der Waals surface area (Å²) in [6, 6.07) is 0. The fraction of sp³-hybridized carbons (Fsp3) is 0.587. The maximum atomic E-state index is 13.1. The van der Waals surface area contributed by atoms with Crippen molar-refractivity contribution in [2.24, 2.45) is 0 Å². The third-order valence-electron chi connectivity index (χ3n) is 11.7. The number of aliphatic hydroxyl groups excluding tert-OH is 2. The number of carbonyl (C=O) groups excluding carboxylic acids is 3. The van der Waals surface area contributed by atoms with E-state index in [4.69, 9.17) is 23.7 Å². The monoisotopic (exact) mass is 1040 g/mol. The molecular formula is C63H96O12. The van der Waals surface area contributed by atoms with Gasteiger partial charge >= 0.3 is 23.9 Å². The lowest BCUT2D eigenvalue weighted by molar-refractivity contribution is -0.301. The van der Waals surface area contributed by atoms with Gasteiger partial charge in [-0.3, -0.25) is 14.4 Å². The normalized spacial score (nSPS) is 19.2. The summed E-state index contributed by atoms with van der Waals surface area (Å²) in [5.41, 5.74) is 0. The lowest BCUT2D eigenvalue weighted by Crippen LogP contribution is -2.61. The largest absolute Gasteiger partial charge is 0.479 e. The molecule has 1 fully saturated rings. The van der Waals surface area contributed by atoms with Crippen LogP contribution in [0.4, 0.5) is 0 Å². The average Bonchev–Trinajstić information content (AvgIpc) is 3.39. The molecule has 1 heterocycles. The summed E-state index contributed by atoms with van der Waals surface area (Å²) in [5.74, 6) is -3.28. The zero-order valence-electron chi connectivity index (χ0n) is 46.0. The number of hydrogen-bond acceptors (Lipinski definition) is 11. The number of hydrogen-bond donors (Lipinski definition) is 3. The van der Waals surface area contributed by atoms with Crippen molar-refractivity contribution >= 4 is 23.9 Å². The maximum Gasteiger partial charge on any atom is 0.335 e. The van der Waals surface area contributed by atoms with E-state index in [1.54, 1.807) is 0 Å². The number of rotatable bonds is 45. The molecule has 6 atom stereocenters. The highest BCUT2D eigenvalue weighted by Crippen LogP contribution is 2.26. The molecule has 420 valence electrons. The van der Waals surface area contributed by atoms with Crippen LogP contribution in [-0.2, 0) is 42.9 Å². The van der Waals surface area contributed by atoms with Crippen molar-refractivity contribution in [2.45, 2.75) is 225 Å². The number of carboxylic acid groups (broad SMARTS) is 1. The number of esters is 3. The molecule has 0 aromatic heterocycles. The van der Waals surface area contributed by atoms with Gasteiger partial charge in [-0.2, -0.15) is 0 Å². The molecule has 1 saturated heterocycles. The number of allylic oxidation sites excluding steroid dienone is 22. The predicted molar refractivity (Wildman–Crippen MR) is 303 cm³/mol. The Balaban J connectivity index is 2.78. The molecule has 0 radical (unpaired) electrons. The van der Waals surface area contributed by atoms with Crippen LogP contribution in [0.1, 0.15) is 188 Å². The van der Waals surface area contributed by atoms with E-state index < -0.39 is 67.3 Å². The van der Waals surface area contributed by atoms with Crippen LogP contribution in [0.15, 0.2) is 134 Å². The van der Waals surface area contributed by atoms with E-state index in [9.17, 15) is 34.5 Å². The van der Waals surface area contributed by atoms with Crippen molar-refractivity contribution in [1.82, 2.24) is 0 Å². The number of carboxylic acids is 1. The molecule has 0 bridgehead atoms. The van der Waals surface area contributed by atoms with Gasteiger partial charge in [-0.05, 0) is 128 Å². The molecule has 75 heavy (non-hydrogen) atoms. The van der Waals surface area contributed by atoms with Crippen LogP contribution >= 0.6 is 0 Å². The molecule has 0 aliphatic carbocycles. The molecule has 1 aliphatic heterocycles. The summed E-state index contributed by atoms with van der Waals surface area (Å²) in [4.78, 5) is 51.0. The Hall–Kier alpha value is -5.14. The summed E-state index contributed by atoms with van der Waals surface area (Å²) in [5, 5.41) is 31.4. The lowest BCUT2D eigenvalue weighted by Gasteiger charge is -2.40. The summed E-state index contributed by atoms with van der Waals surface area (Å²) >= 11 is 0. The minimum absolute atomic E-state index is 0.00981. The Morgan fingerprint density at radius 1 is 0.440 bits per heavy atom. The van der Waals surface area contributed by atoms with E-state index in [2.05, 4.69) is 154 Å². The van der Waals surface area contributed by atoms with Gasteiger partial charge < -0.3 is 39.0 Å². The van der Waals surface area contributed by atoms with E-state index in [1.165, 1.54) is 0 Å². The Morgan fingerprint density at radius 3 is 1.24 bits per heavy atom. The van der Waals surface area contributed by atoms with Crippen molar-refractivity contribution in [3.63, 3.8) is 0 Å². The Labute approximate surface area is 451 Å². The minimum atomic E-state index is -1.93. The van der Waals surface area contributed by atoms with Crippen LogP contribution in [0.3, 0.4) is 0 Å². The molecule has 12 nitrogen and oxygen atoms in total. The fourth-order valence-electron chi connectivity index (χ4n) is 7.48. The molecular weight excluding hydrogens is 949 g/mol. The zero-order valence-corrected chi connectivity index (χ0v) is 46.0. The van der Waals surface area contributed by atoms with Gasteiger partial charge in [-0.1, -0.05) is 174 Å². The fourth-order valence-corrected chi connectivity index (χ4v) is 7.48. The third kappa shape index (κ3) is 39.9. The lowest BCUT2D eigenvalue weighted by atomic mass is 9.98. The van der Waals surface area contributed by atoms with E-state index >= 15 is 0 Å². The van der Waals surface area contributed by atoms with Gasteiger partial charge in [0.25, 0.3) is 0 Å². The molecule has 0 amide bonds. The predicted octanol–water partition coefficient (Wildman–Crippen LogP) is 14.2. The maximum absolute atomic E-state index is 13.1. The molecule has 0 saturated carbocycles. The van der Waals surface area contributed by atoms with Crippen LogP contribution < -0.4 is 0 Å². The number of carbonyl (C=O) groups is 4. The van der Waals surface area contributed by atoms with Gasteiger partial charge in [0.05, 0.1) is 6.61 Å². The number of ether oxygens (including phenoxy) is 5. The van der Waals surface area contributed by atoms with Crippen LogP contribution in [0.25, 0.3) is 0 Å². The van der Waals surface area contributed by atoms with E-state index in [0.717, 1.165) is 128 Å². The smallest absolute Gasteiger partial charge is 0.335 e. The van der Waals surface area contributed by atoms with Gasteiger partial charge in [0.1, 0.15) is 18.8 Å². The van der Waals surface area contributed by atoms with Crippen molar-refractivity contribution < 1.29 is 58.2 Å². The first-order valence-electron chi connectivity index (χ1n) is 28.2. The van der Waals surface area contributed by atoms with E-state index in [-0.39, 0.29) is 25.9 Å². The molecule has 0 aromatic rings. The molecule has 0 aromatic carbocycles. The zero-order chi connectivity index (χ0) is 54.7. The summed E-state index contributed by atoms with van der Waals surface area (Å²) in [6.45, 7) is 5.55. The summed E-state index contributed by atoms with van der Waals surface area (Å²) < 4.78 is 28.3. The van der Waals surface area contributed by atoms with Crippen LogP contribution in [0.2, 0.25) is 0 Å². The van der Waals surface area contributed by atoms with E-state index in [0.29, 0.717) is 19.3 Å². The Kier molecular flexibility index (Phi) is 45.0. The molecule has 3 N–H and O–H groups in total. The molecule has 12 heteroatoms. The number of unbranched alkanes of at least 4 members (excludes halogenated alkanes) is 9. The van der Waals surface area contributed by atoms with Gasteiger partial charge in [-0.25, -0.2) is 4.79 Å². The second-order valence-electron chi connectivity index (χ2n) is 18.4. The summed E-state index contributed by atoms with van der Waals surface area (Å²) in [6.07, 6.45) is 57.2. The topological polar surface area (TPSA) is 175 Å². The third-order valence-corrected chi connectivity index (χ3v) is 11.7. The molecule has 1 rings (SSSR count). The van der Waals surface area contributed by atoms with Crippen molar-refractivity contribution in [3.05, 3.63) is 134 Å². The first-order valence-corrected chi connectivity index (χ1v) is 28.2. The molecule has 6 unspecified atom stereocenters.